The van der Waals surface area contributed by atoms with Crippen molar-refractivity contribution >= 4 is 5.97 Å². The summed E-state index contributed by atoms with van der Waals surface area (Å²) in [6.07, 6.45) is 2.14. The van der Waals surface area contributed by atoms with E-state index in [0.29, 0.717) is 24.0 Å². The van der Waals surface area contributed by atoms with Gasteiger partial charge in [0.15, 0.2) is 0 Å². The van der Waals surface area contributed by atoms with Gasteiger partial charge in [0.25, 0.3) is 0 Å². The van der Waals surface area contributed by atoms with Gasteiger partial charge in [0.05, 0.1) is 5.41 Å². The number of rotatable bonds is 2. The van der Waals surface area contributed by atoms with Gasteiger partial charge in [-0.05, 0) is 37.0 Å². The average Bonchev–Trinajstić information content (AvgIpc) is 2.08. The van der Waals surface area contributed by atoms with E-state index in [4.69, 9.17) is 0 Å². The third kappa shape index (κ3) is 1.42. The van der Waals surface area contributed by atoms with Crippen molar-refractivity contribution in [3.05, 3.63) is 35.1 Å². The summed E-state index contributed by atoms with van der Waals surface area (Å²) >= 11 is 0. The molecule has 1 aliphatic rings. The molecule has 3 heteroatoms. The van der Waals surface area contributed by atoms with Gasteiger partial charge in [-0.2, -0.15) is 0 Å². The zero-order valence-electron chi connectivity index (χ0n) is 8.59. The molecular formula is C12H13FO2. The molecule has 1 aromatic rings. The summed E-state index contributed by atoms with van der Waals surface area (Å²) in [4.78, 5) is 11.2. The van der Waals surface area contributed by atoms with Crippen LogP contribution < -0.4 is 0 Å². The number of carboxylic acid groups (broad SMARTS) is 1. The molecule has 0 heterocycles. The van der Waals surface area contributed by atoms with Crippen LogP contribution in [0.25, 0.3) is 0 Å². The Morgan fingerprint density at radius 2 is 2.13 bits per heavy atom. The van der Waals surface area contributed by atoms with E-state index in [-0.39, 0.29) is 5.82 Å². The highest BCUT2D eigenvalue weighted by atomic mass is 19.1. The monoisotopic (exact) mass is 208 g/mol. The van der Waals surface area contributed by atoms with E-state index in [1.54, 1.807) is 19.1 Å². The van der Waals surface area contributed by atoms with Crippen LogP contribution in [0.3, 0.4) is 0 Å². The highest BCUT2D eigenvalue weighted by Gasteiger charge is 2.46. The largest absolute Gasteiger partial charge is 0.481 e. The van der Waals surface area contributed by atoms with Gasteiger partial charge in [0.2, 0.25) is 0 Å². The first-order valence-electron chi connectivity index (χ1n) is 5.06. The van der Waals surface area contributed by atoms with Gasteiger partial charge in [0, 0.05) is 0 Å². The number of aliphatic carboxylic acids is 1. The van der Waals surface area contributed by atoms with Gasteiger partial charge in [-0.15, -0.1) is 0 Å². The molecule has 0 atom stereocenters. The molecule has 2 rings (SSSR count). The molecule has 0 aliphatic heterocycles. The summed E-state index contributed by atoms with van der Waals surface area (Å²) in [6.45, 7) is 1.67. The van der Waals surface area contributed by atoms with Gasteiger partial charge >= 0.3 is 5.97 Å². The van der Waals surface area contributed by atoms with Crippen LogP contribution in [-0.2, 0) is 10.2 Å². The van der Waals surface area contributed by atoms with E-state index in [0.717, 1.165) is 6.42 Å². The van der Waals surface area contributed by atoms with Gasteiger partial charge in [-0.25, -0.2) is 4.39 Å². The number of aryl methyl sites for hydroxylation is 1. The lowest BCUT2D eigenvalue weighted by Crippen LogP contribution is -2.42. The molecule has 1 aromatic carbocycles. The van der Waals surface area contributed by atoms with E-state index in [9.17, 15) is 14.3 Å². The van der Waals surface area contributed by atoms with Crippen LogP contribution >= 0.6 is 0 Å². The second kappa shape index (κ2) is 3.33. The summed E-state index contributed by atoms with van der Waals surface area (Å²) in [7, 11) is 0. The smallest absolute Gasteiger partial charge is 0.314 e. The van der Waals surface area contributed by atoms with Crippen LogP contribution in [0, 0.1) is 12.7 Å². The fraction of sp³-hybridized carbons (Fsp3) is 0.417. The van der Waals surface area contributed by atoms with Crippen LogP contribution in [0.15, 0.2) is 18.2 Å². The summed E-state index contributed by atoms with van der Waals surface area (Å²) < 4.78 is 13.3. The molecular weight excluding hydrogens is 195 g/mol. The van der Waals surface area contributed by atoms with Gasteiger partial charge in [-0.3, -0.25) is 4.79 Å². The normalized spacial score (nSPS) is 18.3. The number of benzene rings is 1. The average molecular weight is 208 g/mol. The molecule has 1 fully saturated rings. The van der Waals surface area contributed by atoms with Crippen molar-refractivity contribution in [1.29, 1.82) is 0 Å². The maximum Gasteiger partial charge on any atom is 0.314 e. The minimum absolute atomic E-state index is 0.319. The van der Waals surface area contributed by atoms with Crippen molar-refractivity contribution in [2.24, 2.45) is 0 Å². The highest BCUT2D eigenvalue weighted by Crippen LogP contribution is 2.44. The van der Waals surface area contributed by atoms with Crippen LogP contribution in [0.4, 0.5) is 4.39 Å². The molecule has 0 spiro atoms. The molecule has 2 nitrogen and oxygen atoms in total. The van der Waals surface area contributed by atoms with Crippen LogP contribution in [0.5, 0.6) is 0 Å². The minimum Gasteiger partial charge on any atom is -0.481 e. The Morgan fingerprint density at radius 3 is 2.53 bits per heavy atom. The molecule has 0 radical (unpaired) electrons. The zero-order chi connectivity index (χ0) is 11.1. The third-order valence-corrected chi connectivity index (χ3v) is 3.34. The molecule has 1 saturated carbocycles. The van der Waals surface area contributed by atoms with E-state index < -0.39 is 11.4 Å². The van der Waals surface area contributed by atoms with Crippen LogP contribution in [0.1, 0.15) is 30.4 Å². The number of hydrogen-bond acceptors (Lipinski definition) is 1. The molecule has 80 valence electrons. The molecule has 0 saturated heterocycles. The molecule has 1 aliphatic carbocycles. The minimum atomic E-state index is -0.836. The van der Waals surface area contributed by atoms with Gasteiger partial charge in [-0.1, -0.05) is 18.6 Å². The second-order valence-electron chi connectivity index (χ2n) is 4.20. The predicted octanol–water partition coefficient (Wildman–Crippen LogP) is 2.64. The highest BCUT2D eigenvalue weighted by molar-refractivity contribution is 5.82. The standard InChI is InChI=1S/C12H13FO2/c1-8-3-4-9(7-10(8)13)12(11(14)15)5-2-6-12/h3-4,7H,2,5-6H2,1H3,(H,14,15). The summed E-state index contributed by atoms with van der Waals surface area (Å²) in [5, 5.41) is 9.17. The third-order valence-electron chi connectivity index (χ3n) is 3.34. The first-order chi connectivity index (χ1) is 7.06. The van der Waals surface area contributed by atoms with E-state index in [1.165, 1.54) is 6.07 Å². The lowest BCUT2D eigenvalue weighted by molar-refractivity contribution is -0.147. The Bertz CT molecular complexity index is 408. The van der Waals surface area contributed by atoms with Crippen molar-refractivity contribution in [2.75, 3.05) is 0 Å². The van der Waals surface area contributed by atoms with Crippen molar-refractivity contribution in [3.8, 4) is 0 Å². The van der Waals surface area contributed by atoms with Crippen molar-refractivity contribution < 1.29 is 14.3 Å². The van der Waals surface area contributed by atoms with E-state index in [2.05, 4.69) is 0 Å². The maximum atomic E-state index is 13.3. The van der Waals surface area contributed by atoms with Gasteiger partial charge in [0.1, 0.15) is 5.82 Å². The van der Waals surface area contributed by atoms with Crippen molar-refractivity contribution in [3.63, 3.8) is 0 Å². The SMILES string of the molecule is Cc1ccc(C2(C(=O)O)CCC2)cc1F. The lowest BCUT2D eigenvalue weighted by Gasteiger charge is -2.38. The first-order valence-corrected chi connectivity index (χ1v) is 5.06. The Hall–Kier alpha value is -1.38. The summed E-state index contributed by atoms with van der Waals surface area (Å²) in [6, 6.07) is 4.74. The second-order valence-corrected chi connectivity index (χ2v) is 4.20. The molecule has 15 heavy (non-hydrogen) atoms. The fourth-order valence-electron chi connectivity index (χ4n) is 2.05. The van der Waals surface area contributed by atoms with Crippen LogP contribution in [0.2, 0.25) is 0 Å². The Morgan fingerprint density at radius 1 is 1.47 bits per heavy atom. The Kier molecular flexibility index (Phi) is 2.25. The number of hydrogen-bond donors (Lipinski definition) is 1. The molecule has 0 amide bonds. The van der Waals surface area contributed by atoms with Crippen molar-refractivity contribution in [2.45, 2.75) is 31.6 Å². The Labute approximate surface area is 87.7 Å². The number of halogens is 1. The quantitative estimate of drug-likeness (QED) is 0.811. The van der Waals surface area contributed by atoms with Crippen molar-refractivity contribution in [1.82, 2.24) is 0 Å². The maximum absolute atomic E-state index is 13.3. The van der Waals surface area contributed by atoms with Crippen LogP contribution in [-0.4, -0.2) is 11.1 Å². The molecule has 0 bridgehead atoms. The van der Waals surface area contributed by atoms with Gasteiger partial charge < -0.3 is 5.11 Å². The Balaban J connectivity index is 2.44. The summed E-state index contributed by atoms with van der Waals surface area (Å²) in [5.74, 6) is -1.16. The lowest BCUT2D eigenvalue weighted by atomic mass is 9.64. The number of carboxylic acids is 1. The fourth-order valence-corrected chi connectivity index (χ4v) is 2.05. The summed E-state index contributed by atoms with van der Waals surface area (Å²) in [5.41, 5.74) is 0.331. The topological polar surface area (TPSA) is 37.3 Å². The predicted molar refractivity (Wildman–Crippen MR) is 54.3 cm³/mol. The zero-order valence-corrected chi connectivity index (χ0v) is 8.59. The molecule has 0 unspecified atom stereocenters. The van der Waals surface area contributed by atoms with E-state index in [1.807, 2.05) is 0 Å². The molecule has 1 N–H and O–H groups in total. The molecule has 0 aromatic heterocycles. The van der Waals surface area contributed by atoms with E-state index >= 15 is 0 Å². The number of carbonyl (C=O) groups is 1. The first kappa shape index (κ1) is 10.1.